The summed E-state index contributed by atoms with van der Waals surface area (Å²) in [5.74, 6) is 1.53. The molecule has 1 N–H and O–H groups in total. The number of aryl methyl sites for hydroxylation is 1. The first-order valence-corrected chi connectivity index (χ1v) is 16.1. The molecule has 1 fully saturated rings. The Labute approximate surface area is 261 Å². The highest BCUT2D eigenvalue weighted by molar-refractivity contribution is 7.98. The number of aromatic nitrogens is 3. The smallest absolute Gasteiger partial charge is 0.338 e. The summed E-state index contributed by atoms with van der Waals surface area (Å²) < 4.78 is 14.3. The molecule has 0 radical (unpaired) electrons. The van der Waals surface area contributed by atoms with Crippen LogP contribution in [0.25, 0.3) is 0 Å². The number of ether oxygens (including phenoxy) is 2. The van der Waals surface area contributed by atoms with Crippen molar-refractivity contribution in [2.75, 3.05) is 5.32 Å². The Morgan fingerprint density at radius 1 is 0.977 bits per heavy atom. The number of hydrogen-bond acceptors (Lipinski definition) is 7. The number of nitrogens with one attached hydrogen (secondary N) is 1. The topological polar surface area (TPSA) is 78.3 Å². The Hall–Kier alpha value is -3.75. The van der Waals surface area contributed by atoms with Crippen LogP contribution in [0, 0.1) is 6.92 Å². The summed E-state index contributed by atoms with van der Waals surface area (Å²) in [6.07, 6.45) is 5.04. The number of nitrogens with zero attached hydrogens (tertiary/aromatic N) is 3. The van der Waals surface area contributed by atoms with E-state index in [0.717, 1.165) is 47.9 Å². The van der Waals surface area contributed by atoms with Crippen molar-refractivity contribution in [1.29, 1.82) is 0 Å². The lowest BCUT2D eigenvalue weighted by Crippen LogP contribution is -2.32. The highest BCUT2D eigenvalue weighted by atomic mass is 35.5. The Morgan fingerprint density at radius 2 is 1.70 bits per heavy atom. The highest BCUT2D eigenvalue weighted by Gasteiger charge is 2.38. The van der Waals surface area contributed by atoms with Gasteiger partial charge in [-0.15, -0.1) is 5.10 Å². The fourth-order valence-electron chi connectivity index (χ4n) is 5.67. The van der Waals surface area contributed by atoms with Crippen LogP contribution in [-0.2, 0) is 21.9 Å². The highest BCUT2D eigenvalue weighted by Crippen LogP contribution is 2.41. The molecule has 4 aromatic rings. The zero-order valence-electron chi connectivity index (χ0n) is 24.4. The Kier molecular flexibility index (Phi) is 9.05. The first-order valence-electron chi connectivity index (χ1n) is 14.8. The summed E-state index contributed by atoms with van der Waals surface area (Å²) >= 11 is 7.90. The van der Waals surface area contributed by atoms with Crippen molar-refractivity contribution < 1.29 is 14.3 Å². The summed E-state index contributed by atoms with van der Waals surface area (Å²) in [4.78, 5) is 18.7. The van der Waals surface area contributed by atoms with Gasteiger partial charge in [0.1, 0.15) is 24.5 Å². The van der Waals surface area contributed by atoms with Crippen LogP contribution in [-0.4, -0.2) is 26.8 Å². The van der Waals surface area contributed by atoms with Crippen molar-refractivity contribution in [3.8, 4) is 5.75 Å². The average Bonchev–Trinajstić information content (AvgIpc) is 3.42. The van der Waals surface area contributed by atoms with Gasteiger partial charge in [0.2, 0.25) is 11.1 Å². The molecule has 1 unspecified atom stereocenters. The molecule has 1 saturated carbocycles. The van der Waals surface area contributed by atoms with Crippen molar-refractivity contribution >= 4 is 35.3 Å². The lowest BCUT2D eigenvalue weighted by Gasteiger charge is -2.31. The number of allylic oxidation sites excluding steroid dienone is 1. The van der Waals surface area contributed by atoms with Crippen LogP contribution < -0.4 is 10.1 Å². The first kappa shape index (κ1) is 29.3. The van der Waals surface area contributed by atoms with Gasteiger partial charge in [0, 0.05) is 22.0 Å². The molecule has 1 aliphatic carbocycles. The molecule has 9 heteroatoms. The predicted octanol–water partition coefficient (Wildman–Crippen LogP) is 8.28. The minimum Gasteiger partial charge on any atom is -0.489 e. The van der Waals surface area contributed by atoms with Gasteiger partial charge in [-0.05, 0) is 68.4 Å². The fraction of sp³-hybridized carbons (Fsp3) is 0.324. The number of esters is 1. The van der Waals surface area contributed by atoms with E-state index >= 15 is 0 Å². The lowest BCUT2D eigenvalue weighted by molar-refractivity contribution is -0.146. The van der Waals surface area contributed by atoms with E-state index in [-0.39, 0.29) is 12.1 Å². The van der Waals surface area contributed by atoms with Crippen LogP contribution in [0.4, 0.5) is 5.95 Å². The van der Waals surface area contributed by atoms with E-state index in [1.54, 1.807) is 4.68 Å². The summed E-state index contributed by atoms with van der Waals surface area (Å²) in [5.41, 5.74) is 5.30. The molecule has 1 atom stereocenters. The van der Waals surface area contributed by atoms with Gasteiger partial charge in [0.15, 0.2) is 0 Å². The Balaban J connectivity index is 1.35. The van der Waals surface area contributed by atoms with E-state index in [2.05, 4.69) is 24.4 Å². The van der Waals surface area contributed by atoms with Crippen LogP contribution in [0.1, 0.15) is 67.3 Å². The number of halogens is 1. The summed E-state index contributed by atoms with van der Waals surface area (Å²) in [6, 6.07) is 23.2. The van der Waals surface area contributed by atoms with Gasteiger partial charge in [-0.25, -0.2) is 9.48 Å². The quantitative estimate of drug-likeness (QED) is 0.150. The van der Waals surface area contributed by atoms with E-state index in [9.17, 15) is 4.79 Å². The van der Waals surface area contributed by atoms with Gasteiger partial charge in [-0.1, -0.05) is 90.4 Å². The second kappa shape index (κ2) is 13.3. The van der Waals surface area contributed by atoms with Gasteiger partial charge in [0.25, 0.3) is 0 Å². The number of para-hydroxylation sites is 1. The lowest BCUT2D eigenvalue weighted by atomic mass is 9.94. The van der Waals surface area contributed by atoms with E-state index < -0.39 is 6.04 Å². The van der Waals surface area contributed by atoms with E-state index in [4.69, 9.17) is 31.2 Å². The van der Waals surface area contributed by atoms with Crippen LogP contribution in [0.3, 0.4) is 0 Å². The molecular formula is C34H35ClN4O3S. The van der Waals surface area contributed by atoms with E-state index in [1.165, 1.54) is 18.2 Å². The fourth-order valence-corrected chi connectivity index (χ4v) is 6.78. The Bertz CT molecular complexity index is 1650. The molecule has 2 heterocycles. The molecule has 0 bridgehead atoms. The summed E-state index contributed by atoms with van der Waals surface area (Å²) in [5, 5.41) is 9.53. The van der Waals surface area contributed by atoms with Crippen LogP contribution >= 0.6 is 23.4 Å². The van der Waals surface area contributed by atoms with Crippen molar-refractivity contribution in [3.05, 3.63) is 111 Å². The second-order valence-electron chi connectivity index (χ2n) is 11.0. The number of thioether (sulfide) groups is 1. The third-order valence-electron chi connectivity index (χ3n) is 8.05. The van der Waals surface area contributed by atoms with Crippen molar-refractivity contribution in [2.24, 2.45) is 0 Å². The van der Waals surface area contributed by atoms with Crippen molar-refractivity contribution in [1.82, 2.24) is 14.8 Å². The second-order valence-corrected chi connectivity index (χ2v) is 12.4. The zero-order chi connectivity index (χ0) is 29.8. The number of benzene rings is 3. The maximum absolute atomic E-state index is 13.9. The Morgan fingerprint density at radius 3 is 2.49 bits per heavy atom. The van der Waals surface area contributed by atoms with Gasteiger partial charge in [-0.2, -0.15) is 4.98 Å². The van der Waals surface area contributed by atoms with Gasteiger partial charge < -0.3 is 14.8 Å². The molecule has 6 rings (SSSR count). The monoisotopic (exact) mass is 614 g/mol. The SMILES string of the molecule is CC1=C(C(=O)OC2CCCCC2)C(c2ccccc2OCc2ccccc2C)n2nc(SCc3ccccc3Cl)nc2N1. The molecule has 0 spiro atoms. The van der Waals surface area contributed by atoms with Crippen LogP contribution in [0.2, 0.25) is 5.02 Å². The molecule has 0 amide bonds. The van der Waals surface area contributed by atoms with E-state index in [0.29, 0.717) is 45.5 Å². The number of hydrogen-bond donors (Lipinski definition) is 1. The molecule has 0 saturated heterocycles. The molecule has 7 nitrogen and oxygen atoms in total. The standard InChI is InChI=1S/C34H35ClN4O3S/c1-22-12-6-7-13-24(22)20-41-29-19-11-9-17-27(29)31-30(32(40)42-26-15-4-3-5-16-26)23(2)36-33-37-34(38-39(31)33)43-21-25-14-8-10-18-28(25)35/h6-14,17-19,26,31H,3-5,15-16,20-21H2,1-2H3,(H,36,37,38). The first-order chi connectivity index (χ1) is 21.0. The maximum atomic E-state index is 13.9. The minimum atomic E-state index is -0.581. The molecule has 3 aromatic carbocycles. The third kappa shape index (κ3) is 6.60. The molecule has 43 heavy (non-hydrogen) atoms. The molecule has 222 valence electrons. The molecule has 1 aliphatic heterocycles. The number of rotatable bonds is 9. The summed E-state index contributed by atoms with van der Waals surface area (Å²) in [6.45, 7) is 4.38. The largest absolute Gasteiger partial charge is 0.489 e. The number of carbonyl (C=O) groups is 1. The minimum absolute atomic E-state index is 0.0753. The van der Waals surface area contributed by atoms with E-state index in [1.807, 2.05) is 67.6 Å². The zero-order valence-corrected chi connectivity index (χ0v) is 26.0. The molecule has 1 aromatic heterocycles. The summed E-state index contributed by atoms with van der Waals surface area (Å²) in [7, 11) is 0. The normalized spacial score (nSPS) is 16.9. The van der Waals surface area contributed by atoms with Gasteiger partial charge in [0.05, 0.1) is 5.57 Å². The number of carbonyl (C=O) groups excluding carboxylic acids is 1. The van der Waals surface area contributed by atoms with Gasteiger partial charge in [-0.3, -0.25) is 0 Å². The number of anilines is 1. The van der Waals surface area contributed by atoms with Crippen LogP contribution in [0.5, 0.6) is 5.75 Å². The predicted molar refractivity (Wildman–Crippen MR) is 170 cm³/mol. The number of fused-ring (bicyclic) bond motifs is 1. The van der Waals surface area contributed by atoms with Crippen molar-refractivity contribution in [2.45, 2.75) is 75.6 Å². The van der Waals surface area contributed by atoms with Crippen LogP contribution in [0.15, 0.2) is 89.2 Å². The average molecular weight is 615 g/mol. The molecular weight excluding hydrogens is 580 g/mol. The third-order valence-corrected chi connectivity index (χ3v) is 9.31. The molecule has 2 aliphatic rings. The van der Waals surface area contributed by atoms with Crippen molar-refractivity contribution in [3.63, 3.8) is 0 Å². The maximum Gasteiger partial charge on any atom is 0.338 e. The van der Waals surface area contributed by atoms with Gasteiger partial charge >= 0.3 is 5.97 Å².